The molecule has 3 aromatic rings. The molecule has 0 aliphatic rings. The maximum atomic E-state index is 13.0. The standard InChI is InChI=1S/C22H16ClF3O5S/c1-13-3-7-17(8-4-13)32(28,29)21-10-6-16(12-20(21)30-14(2)27)31-19-9-5-15(11-18(19)23)22(24,25)26/h3-12H,1-2H3. The van der Waals surface area contributed by atoms with Gasteiger partial charge in [-0.15, -0.1) is 0 Å². The summed E-state index contributed by atoms with van der Waals surface area (Å²) in [6.07, 6.45) is -4.57. The minimum Gasteiger partial charge on any atom is -0.456 e. The van der Waals surface area contributed by atoms with Crippen molar-refractivity contribution in [3.63, 3.8) is 0 Å². The molecule has 0 radical (unpaired) electrons. The number of sulfone groups is 1. The van der Waals surface area contributed by atoms with Crippen LogP contribution in [0, 0.1) is 6.92 Å². The lowest BCUT2D eigenvalue weighted by Gasteiger charge is -2.14. The quantitative estimate of drug-likeness (QED) is 0.318. The first-order valence-corrected chi connectivity index (χ1v) is 10.9. The number of esters is 1. The second-order valence-electron chi connectivity index (χ2n) is 6.76. The van der Waals surface area contributed by atoms with Gasteiger partial charge in [0.05, 0.1) is 15.5 Å². The monoisotopic (exact) mass is 484 g/mol. The average molecular weight is 485 g/mol. The van der Waals surface area contributed by atoms with Gasteiger partial charge in [0, 0.05) is 13.0 Å². The number of aryl methyl sites for hydroxylation is 1. The summed E-state index contributed by atoms with van der Waals surface area (Å²) in [5.41, 5.74) is -0.0867. The van der Waals surface area contributed by atoms with Crippen LogP contribution in [0.2, 0.25) is 5.02 Å². The molecule has 10 heteroatoms. The molecular weight excluding hydrogens is 469 g/mol. The third-order valence-electron chi connectivity index (χ3n) is 4.28. The first-order chi connectivity index (χ1) is 14.9. The van der Waals surface area contributed by atoms with Gasteiger partial charge in [0.25, 0.3) is 0 Å². The Hall–Kier alpha value is -3.04. The van der Waals surface area contributed by atoms with E-state index in [4.69, 9.17) is 21.1 Å². The zero-order valence-corrected chi connectivity index (χ0v) is 18.3. The fourth-order valence-corrected chi connectivity index (χ4v) is 4.32. The van der Waals surface area contributed by atoms with Gasteiger partial charge in [-0.2, -0.15) is 13.2 Å². The summed E-state index contributed by atoms with van der Waals surface area (Å²) >= 11 is 5.90. The van der Waals surface area contributed by atoms with E-state index in [0.29, 0.717) is 6.07 Å². The molecule has 0 aromatic heterocycles. The number of benzene rings is 3. The molecule has 0 saturated heterocycles. The lowest BCUT2D eigenvalue weighted by molar-refractivity contribution is -0.137. The molecule has 0 fully saturated rings. The first-order valence-electron chi connectivity index (χ1n) is 9.07. The first kappa shape index (κ1) is 23.6. The predicted octanol–water partition coefficient (Wildman–Crippen LogP) is 6.22. The molecule has 0 aliphatic carbocycles. The Balaban J connectivity index is 2.00. The second-order valence-corrected chi connectivity index (χ2v) is 9.09. The molecule has 0 unspecified atom stereocenters. The molecule has 0 N–H and O–H groups in total. The molecule has 0 bridgehead atoms. The van der Waals surface area contributed by atoms with Crippen molar-refractivity contribution < 1.29 is 35.9 Å². The van der Waals surface area contributed by atoms with Crippen molar-refractivity contribution in [1.29, 1.82) is 0 Å². The maximum Gasteiger partial charge on any atom is 0.416 e. The second kappa shape index (κ2) is 8.84. The van der Waals surface area contributed by atoms with Gasteiger partial charge in [-0.05, 0) is 49.4 Å². The van der Waals surface area contributed by atoms with Gasteiger partial charge in [0.15, 0.2) is 5.75 Å². The number of carbonyl (C=O) groups is 1. The Morgan fingerprint density at radius 1 is 0.938 bits per heavy atom. The number of hydrogen-bond donors (Lipinski definition) is 0. The fourth-order valence-electron chi connectivity index (χ4n) is 2.74. The molecule has 0 atom stereocenters. The van der Waals surface area contributed by atoms with Crippen molar-refractivity contribution in [2.75, 3.05) is 0 Å². The Morgan fingerprint density at radius 3 is 2.16 bits per heavy atom. The Morgan fingerprint density at radius 2 is 1.59 bits per heavy atom. The van der Waals surface area contributed by atoms with E-state index in [2.05, 4.69) is 0 Å². The lowest BCUT2D eigenvalue weighted by atomic mass is 10.2. The maximum absolute atomic E-state index is 13.0. The summed E-state index contributed by atoms with van der Waals surface area (Å²) in [6, 6.07) is 12.3. The molecule has 0 heterocycles. The molecule has 32 heavy (non-hydrogen) atoms. The van der Waals surface area contributed by atoms with Crippen molar-refractivity contribution in [1.82, 2.24) is 0 Å². The normalized spacial score (nSPS) is 11.8. The van der Waals surface area contributed by atoms with Crippen LogP contribution in [0.15, 0.2) is 70.5 Å². The summed E-state index contributed by atoms with van der Waals surface area (Å²) in [5, 5.41) is -0.301. The van der Waals surface area contributed by atoms with Crippen molar-refractivity contribution in [2.24, 2.45) is 0 Å². The van der Waals surface area contributed by atoms with Crippen molar-refractivity contribution in [2.45, 2.75) is 29.8 Å². The van der Waals surface area contributed by atoms with E-state index >= 15 is 0 Å². The number of ether oxygens (including phenoxy) is 2. The van der Waals surface area contributed by atoms with E-state index in [-0.39, 0.29) is 32.1 Å². The number of carbonyl (C=O) groups excluding carboxylic acids is 1. The van der Waals surface area contributed by atoms with Crippen LogP contribution >= 0.6 is 11.6 Å². The molecule has 0 spiro atoms. The summed E-state index contributed by atoms with van der Waals surface area (Å²) < 4.78 is 75.1. The topological polar surface area (TPSA) is 69.7 Å². The molecule has 168 valence electrons. The minimum absolute atomic E-state index is 0.00375. The number of hydrogen-bond acceptors (Lipinski definition) is 5. The Labute approximate surface area is 187 Å². The zero-order chi connectivity index (χ0) is 23.7. The molecule has 0 amide bonds. The highest BCUT2D eigenvalue weighted by molar-refractivity contribution is 7.91. The average Bonchev–Trinajstić information content (AvgIpc) is 2.68. The van der Waals surface area contributed by atoms with Gasteiger partial charge >= 0.3 is 12.1 Å². The van der Waals surface area contributed by atoms with E-state index in [1.54, 1.807) is 19.1 Å². The van der Waals surface area contributed by atoms with Crippen LogP contribution in [-0.4, -0.2) is 14.4 Å². The summed E-state index contributed by atoms with van der Waals surface area (Å²) in [6.45, 7) is 2.90. The lowest BCUT2D eigenvalue weighted by Crippen LogP contribution is -2.09. The Bertz CT molecular complexity index is 1270. The number of halogens is 4. The summed E-state index contributed by atoms with van der Waals surface area (Å²) in [5.74, 6) is -1.15. The van der Waals surface area contributed by atoms with E-state index < -0.39 is 27.5 Å². The van der Waals surface area contributed by atoms with Crippen molar-refractivity contribution in [3.8, 4) is 17.2 Å². The van der Waals surface area contributed by atoms with Gasteiger partial charge in [-0.25, -0.2) is 8.42 Å². The highest BCUT2D eigenvalue weighted by Gasteiger charge is 2.31. The SMILES string of the molecule is CC(=O)Oc1cc(Oc2ccc(C(F)(F)F)cc2Cl)ccc1S(=O)(=O)c1ccc(C)cc1. The molecule has 3 rings (SSSR count). The smallest absolute Gasteiger partial charge is 0.416 e. The van der Waals surface area contributed by atoms with Gasteiger partial charge < -0.3 is 9.47 Å². The fraction of sp³-hybridized carbons (Fsp3) is 0.136. The number of rotatable bonds is 5. The molecule has 5 nitrogen and oxygen atoms in total. The molecule has 0 saturated carbocycles. The van der Waals surface area contributed by atoms with Crippen molar-refractivity contribution in [3.05, 3.63) is 76.8 Å². The van der Waals surface area contributed by atoms with E-state index in [1.807, 2.05) is 0 Å². The highest BCUT2D eigenvalue weighted by Crippen LogP contribution is 2.38. The summed E-state index contributed by atoms with van der Waals surface area (Å²) in [7, 11) is -4.04. The van der Waals surface area contributed by atoms with E-state index in [9.17, 15) is 26.4 Å². The van der Waals surface area contributed by atoms with Crippen LogP contribution in [0.5, 0.6) is 17.2 Å². The van der Waals surface area contributed by atoms with Crippen LogP contribution in [-0.2, 0) is 20.8 Å². The van der Waals surface area contributed by atoms with Gasteiger partial charge in [0.1, 0.15) is 16.4 Å². The number of alkyl halides is 3. The van der Waals surface area contributed by atoms with Crippen LogP contribution in [0.3, 0.4) is 0 Å². The van der Waals surface area contributed by atoms with Crippen LogP contribution in [0.4, 0.5) is 13.2 Å². The predicted molar refractivity (Wildman–Crippen MR) is 111 cm³/mol. The Kier molecular flexibility index (Phi) is 6.52. The largest absolute Gasteiger partial charge is 0.456 e. The molecule has 0 aliphatic heterocycles. The third kappa shape index (κ3) is 5.23. The van der Waals surface area contributed by atoms with Gasteiger partial charge in [-0.1, -0.05) is 29.3 Å². The van der Waals surface area contributed by atoms with E-state index in [0.717, 1.165) is 30.7 Å². The third-order valence-corrected chi connectivity index (χ3v) is 6.38. The van der Waals surface area contributed by atoms with Gasteiger partial charge in [0.2, 0.25) is 9.84 Å². The highest BCUT2D eigenvalue weighted by atomic mass is 35.5. The minimum atomic E-state index is -4.57. The van der Waals surface area contributed by atoms with Crippen LogP contribution in [0.25, 0.3) is 0 Å². The zero-order valence-electron chi connectivity index (χ0n) is 16.7. The van der Waals surface area contributed by atoms with Crippen LogP contribution < -0.4 is 9.47 Å². The summed E-state index contributed by atoms with van der Waals surface area (Å²) in [4.78, 5) is 11.3. The van der Waals surface area contributed by atoms with Crippen molar-refractivity contribution >= 4 is 27.4 Å². The van der Waals surface area contributed by atoms with E-state index in [1.165, 1.54) is 24.3 Å². The molecular formula is C22H16ClF3O5S. The van der Waals surface area contributed by atoms with Gasteiger partial charge in [-0.3, -0.25) is 4.79 Å². The van der Waals surface area contributed by atoms with Crippen LogP contribution in [0.1, 0.15) is 18.1 Å². The molecule has 3 aromatic carbocycles.